The molecule has 3 aliphatic rings. The van der Waals surface area contributed by atoms with Crippen LogP contribution in [-0.2, 0) is 5.88 Å². The zero-order chi connectivity index (χ0) is 13.7. The van der Waals surface area contributed by atoms with E-state index in [-0.39, 0.29) is 0 Å². The van der Waals surface area contributed by atoms with Crippen molar-refractivity contribution in [2.75, 3.05) is 19.6 Å². The van der Waals surface area contributed by atoms with Crippen molar-refractivity contribution in [2.45, 2.75) is 24.8 Å². The van der Waals surface area contributed by atoms with Crippen molar-refractivity contribution in [2.24, 2.45) is 5.92 Å². The topological polar surface area (TPSA) is 34.0 Å². The SMILES string of the molecule is ClCc1nc2cc(Cl)cnc2n1C1CN2CCC1CC2. The van der Waals surface area contributed by atoms with Crippen molar-refractivity contribution in [1.82, 2.24) is 19.4 Å². The molecule has 0 saturated carbocycles. The Bertz CT molecular complexity index is 646. The first-order valence-corrected chi connectivity index (χ1v) is 7.98. The van der Waals surface area contributed by atoms with E-state index in [9.17, 15) is 0 Å². The second-order valence-corrected chi connectivity index (χ2v) is 6.44. The average molecular weight is 311 g/mol. The molecule has 0 amide bonds. The Hall–Kier alpha value is -0.840. The van der Waals surface area contributed by atoms with Crippen molar-refractivity contribution in [1.29, 1.82) is 0 Å². The number of hydrogen-bond donors (Lipinski definition) is 0. The van der Waals surface area contributed by atoms with Crippen LogP contribution in [0.15, 0.2) is 12.3 Å². The van der Waals surface area contributed by atoms with Crippen molar-refractivity contribution in [3.63, 3.8) is 0 Å². The smallest absolute Gasteiger partial charge is 0.160 e. The van der Waals surface area contributed by atoms with Crippen LogP contribution in [0.3, 0.4) is 0 Å². The molecule has 0 spiro atoms. The van der Waals surface area contributed by atoms with Crippen LogP contribution in [0.2, 0.25) is 5.02 Å². The fraction of sp³-hybridized carbons (Fsp3) is 0.571. The second kappa shape index (κ2) is 4.86. The molecule has 0 radical (unpaired) electrons. The van der Waals surface area contributed by atoms with E-state index in [1.807, 2.05) is 6.07 Å². The van der Waals surface area contributed by atoms with E-state index in [0.29, 0.717) is 16.9 Å². The van der Waals surface area contributed by atoms with Gasteiger partial charge in [-0.3, -0.25) is 0 Å². The third-order valence-electron chi connectivity index (χ3n) is 4.64. The van der Waals surface area contributed by atoms with Crippen molar-refractivity contribution < 1.29 is 0 Å². The predicted molar refractivity (Wildman–Crippen MR) is 80.3 cm³/mol. The van der Waals surface area contributed by atoms with Crippen LogP contribution in [0, 0.1) is 5.92 Å². The van der Waals surface area contributed by atoms with Crippen molar-refractivity contribution in [3.8, 4) is 0 Å². The van der Waals surface area contributed by atoms with Crippen LogP contribution in [0.25, 0.3) is 11.2 Å². The van der Waals surface area contributed by atoms with Gasteiger partial charge in [0.2, 0.25) is 0 Å². The van der Waals surface area contributed by atoms with E-state index >= 15 is 0 Å². The number of alkyl halides is 1. The molecule has 0 aromatic carbocycles. The fourth-order valence-electron chi connectivity index (χ4n) is 3.67. The molecule has 5 heterocycles. The van der Waals surface area contributed by atoms with Gasteiger partial charge >= 0.3 is 0 Å². The van der Waals surface area contributed by atoms with Gasteiger partial charge in [0.05, 0.1) is 16.9 Å². The number of rotatable bonds is 2. The van der Waals surface area contributed by atoms with Crippen molar-refractivity contribution >= 4 is 34.4 Å². The van der Waals surface area contributed by atoms with Gasteiger partial charge in [-0.05, 0) is 37.9 Å². The maximum absolute atomic E-state index is 6.11. The van der Waals surface area contributed by atoms with E-state index in [2.05, 4.69) is 19.4 Å². The number of fused-ring (bicyclic) bond motifs is 4. The Balaban J connectivity index is 1.85. The largest absolute Gasteiger partial charge is 0.307 e. The lowest BCUT2D eigenvalue weighted by Crippen LogP contribution is -2.48. The Labute approximate surface area is 127 Å². The molecular weight excluding hydrogens is 295 g/mol. The number of pyridine rings is 1. The lowest BCUT2D eigenvalue weighted by molar-refractivity contribution is 0.0576. The van der Waals surface area contributed by atoms with Crippen LogP contribution < -0.4 is 0 Å². The van der Waals surface area contributed by atoms with Gasteiger partial charge in [-0.15, -0.1) is 11.6 Å². The molecule has 2 aromatic heterocycles. The molecule has 3 saturated heterocycles. The van der Waals surface area contributed by atoms with E-state index in [0.717, 1.165) is 29.5 Å². The van der Waals surface area contributed by atoms with Gasteiger partial charge in [-0.1, -0.05) is 11.6 Å². The molecule has 3 fully saturated rings. The summed E-state index contributed by atoms with van der Waals surface area (Å²) in [7, 11) is 0. The summed E-state index contributed by atoms with van der Waals surface area (Å²) < 4.78 is 2.26. The van der Waals surface area contributed by atoms with Crippen LogP contribution in [0.1, 0.15) is 24.7 Å². The lowest BCUT2D eigenvalue weighted by atomic mass is 9.84. The molecule has 106 valence electrons. The first-order chi connectivity index (χ1) is 9.76. The maximum atomic E-state index is 6.11. The van der Waals surface area contributed by atoms with Gasteiger partial charge in [-0.2, -0.15) is 0 Å². The molecule has 2 bridgehead atoms. The van der Waals surface area contributed by atoms with Crippen LogP contribution >= 0.6 is 23.2 Å². The standard InChI is InChI=1S/C14H16Cl2N4/c15-6-13-18-11-5-10(16)7-17-14(11)20(13)12-8-19-3-1-9(12)2-4-19/h5,7,9,12H,1-4,6,8H2. The van der Waals surface area contributed by atoms with Crippen molar-refractivity contribution in [3.05, 3.63) is 23.1 Å². The summed E-state index contributed by atoms with van der Waals surface area (Å²) in [4.78, 5) is 11.6. The molecule has 1 atom stereocenters. The number of piperidine rings is 3. The van der Waals surface area contributed by atoms with E-state index < -0.39 is 0 Å². The molecular formula is C14H16Cl2N4. The predicted octanol–water partition coefficient (Wildman–Crippen LogP) is 3.09. The lowest BCUT2D eigenvalue weighted by Gasteiger charge is -2.45. The Morgan fingerprint density at radius 1 is 1.30 bits per heavy atom. The summed E-state index contributed by atoms with van der Waals surface area (Å²) in [6.45, 7) is 3.54. The first kappa shape index (κ1) is 12.9. The van der Waals surface area contributed by atoms with Gasteiger partial charge in [-0.25, -0.2) is 9.97 Å². The summed E-state index contributed by atoms with van der Waals surface area (Å²) >= 11 is 12.1. The normalized spacial score (nSPS) is 29.2. The van der Waals surface area contributed by atoms with E-state index in [4.69, 9.17) is 23.2 Å². The molecule has 2 aromatic rings. The highest BCUT2D eigenvalue weighted by atomic mass is 35.5. The summed E-state index contributed by atoms with van der Waals surface area (Å²) in [5, 5.41) is 0.622. The zero-order valence-corrected chi connectivity index (χ0v) is 12.6. The monoisotopic (exact) mass is 310 g/mol. The van der Waals surface area contributed by atoms with Gasteiger partial charge in [0, 0.05) is 12.7 Å². The molecule has 0 aliphatic carbocycles. The van der Waals surface area contributed by atoms with Crippen LogP contribution in [0.4, 0.5) is 0 Å². The van der Waals surface area contributed by atoms with E-state index in [1.165, 1.54) is 25.9 Å². The first-order valence-electron chi connectivity index (χ1n) is 7.07. The van der Waals surface area contributed by atoms with Gasteiger partial charge in [0.25, 0.3) is 0 Å². The summed E-state index contributed by atoms with van der Waals surface area (Å²) in [6, 6.07) is 2.32. The highest BCUT2D eigenvalue weighted by Gasteiger charge is 2.37. The van der Waals surface area contributed by atoms with E-state index in [1.54, 1.807) is 6.20 Å². The summed E-state index contributed by atoms with van der Waals surface area (Å²) in [5.74, 6) is 2.05. The minimum absolute atomic E-state index is 0.414. The molecule has 1 unspecified atom stereocenters. The number of hydrogen-bond acceptors (Lipinski definition) is 3. The molecule has 6 heteroatoms. The molecule has 5 rings (SSSR count). The molecule has 20 heavy (non-hydrogen) atoms. The highest BCUT2D eigenvalue weighted by molar-refractivity contribution is 6.31. The second-order valence-electron chi connectivity index (χ2n) is 5.73. The average Bonchev–Trinajstić information content (AvgIpc) is 2.85. The maximum Gasteiger partial charge on any atom is 0.160 e. The number of aromatic nitrogens is 3. The Morgan fingerprint density at radius 2 is 2.10 bits per heavy atom. The third-order valence-corrected chi connectivity index (χ3v) is 5.09. The van der Waals surface area contributed by atoms with Gasteiger partial charge < -0.3 is 9.47 Å². The van der Waals surface area contributed by atoms with Gasteiger partial charge in [0.15, 0.2) is 5.65 Å². The minimum Gasteiger partial charge on any atom is -0.307 e. The van der Waals surface area contributed by atoms with Crippen LogP contribution in [0.5, 0.6) is 0 Å². The highest BCUT2D eigenvalue weighted by Crippen LogP contribution is 2.38. The molecule has 0 N–H and O–H groups in total. The summed E-state index contributed by atoms with van der Waals surface area (Å²) in [5.41, 5.74) is 1.77. The molecule has 3 aliphatic heterocycles. The number of imidazole rings is 1. The van der Waals surface area contributed by atoms with Gasteiger partial charge in [0.1, 0.15) is 11.3 Å². The molecule has 4 nitrogen and oxygen atoms in total. The van der Waals surface area contributed by atoms with Crippen LogP contribution in [-0.4, -0.2) is 39.1 Å². The Kier molecular flexibility index (Phi) is 3.13. The number of nitrogens with zero attached hydrogens (tertiary/aromatic N) is 4. The third kappa shape index (κ3) is 1.93. The quantitative estimate of drug-likeness (QED) is 0.799. The summed E-state index contributed by atoms with van der Waals surface area (Å²) in [6.07, 6.45) is 4.22. The fourth-order valence-corrected chi connectivity index (χ4v) is 4.01. The zero-order valence-electron chi connectivity index (χ0n) is 11.1. The number of halogens is 2. The Morgan fingerprint density at radius 3 is 2.75 bits per heavy atom. The minimum atomic E-state index is 0.414.